The zero-order valence-corrected chi connectivity index (χ0v) is 11.6. The molecule has 2 heterocycles. The normalized spacial score (nSPS) is 19.5. The second-order valence-corrected chi connectivity index (χ2v) is 5.50. The molecule has 1 aliphatic rings. The second kappa shape index (κ2) is 5.69. The van der Waals surface area contributed by atoms with Crippen LogP contribution in [0.25, 0.3) is 0 Å². The van der Waals surface area contributed by atoms with E-state index in [0.717, 1.165) is 31.8 Å². The maximum absolute atomic E-state index is 11.2. The van der Waals surface area contributed by atoms with Crippen LogP contribution < -0.4 is 0 Å². The number of nitrogens with zero attached hydrogens (tertiary/aromatic N) is 3. The molecule has 1 aromatic rings. The second-order valence-electron chi connectivity index (χ2n) is 5.50. The van der Waals surface area contributed by atoms with Crippen LogP contribution in [0.3, 0.4) is 0 Å². The van der Waals surface area contributed by atoms with Crippen molar-refractivity contribution in [2.24, 2.45) is 5.41 Å². The summed E-state index contributed by atoms with van der Waals surface area (Å²) in [5.41, 5.74) is -0.585. The number of aryl methyl sites for hydroxylation is 1. The van der Waals surface area contributed by atoms with Gasteiger partial charge in [-0.15, -0.1) is 0 Å². The van der Waals surface area contributed by atoms with Gasteiger partial charge in [0.25, 0.3) is 0 Å². The van der Waals surface area contributed by atoms with Gasteiger partial charge in [-0.3, -0.25) is 9.69 Å². The van der Waals surface area contributed by atoms with E-state index in [2.05, 4.69) is 22.0 Å². The van der Waals surface area contributed by atoms with Gasteiger partial charge in [-0.1, -0.05) is 12.1 Å². The molecule has 19 heavy (non-hydrogen) atoms. The van der Waals surface area contributed by atoms with Crippen LogP contribution in [0.15, 0.2) is 4.52 Å². The van der Waals surface area contributed by atoms with Crippen LogP contribution in [0.1, 0.15) is 44.8 Å². The Morgan fingerprint density at radius 1 is 1.47 bits per heavy atom. The third-order valence-corrected chi connectivity index (χ3v) is 3.82. The molecule has 6 heteroatoms. The Hall–Kier alpha value is -1.43. The number of piperidine rings is 1. The van der Waals surface area contributed by atoms with E-state index in [-0.39, 0.29) is 0 Å². The third kappa shape index (κ3) is 3.32. The number of carboxylic acids is 1. The van der Waals surface area contributed by atoms with Crippen molar-refractivity contribution in [3.8, 4) is 0 Å². The van der Waals surface area contributed by atoms with E-state index in [1.807, 2.05) is 6.92 Å². The Kier molecular flexibility index (Phi) is 4.19. The fourth-order valence-electron chi connectivity index (χ4n) is 2.29. The maximum atomic E-state index is 11.2. The summed E-state index contributed by atoms with van der Waals surface area (Å²) in [7, 11) is 0. The van der Waals surface area contributed by atoms with Crippen molar-refractivity contribution in [1.29, 1.82) is 0 Å². The van der Waals surface area contributed by atoms with Gasteiger partial charge in [-0.25, -0.2) is 0 Å². The molecule has 0 atom stereocenters. The van der Waals surface area contributed by atoms with Crippen molar-refractivity contribution in [1.82, 2.24) is 15.0 Å². The highest BCUT2D eigenvalue weighted by atomic mass is 16.5. The van der Waals surface area contributed by atoms with Crippen molar-refractivity contribution in [2.75, 3.05) is 13.1 Å². The molecule has 0 aromatic carbocycles. The smallest absolute Gasteiger partial charge is 0.309 e. The van der Waals surface area contributed by atoms with Crippen molar-refractivity contribution in [3.05, 3.63) is 11.7 Å². The third-order valence-electron chi connectivity index (χ3n) is 3.82. The number of aromatic nitrogens is 2. The molecule has 0 amide bonds. The van der Waals surface area contributed by atoms with Gasteiger partial charge in [0.2, 0.25) is 5.89 Å². The molecular formula is C13H21N3O3. The number of carboxylic acid groups (broad SMARTS) is 1. The summed E-state index contributed by atoms with van der Waals surface area (Å²) in [4.78, 5) is 17.7. The molecule has 1 saturated heterocycles. The first kappa shape index (κ1) is 14.0. The van der Waals surface area contributed by atoms with Crippen LogP contribution in [0.2, 0.25) is 0 Å². The number of hydrogen-bond donors (Lipinski definition) is 1. The lowest BCUT2D eigenvalue weighted by Crippen LogP contribution is -2.42. The zero-order chi connectivity index (χ0) is 13.9. The molecule has 0 radical (unpaired) electrons. The molecule has 0 saturated carbocycles. The van der Waals surface area contributed by atoms with E-state index in [1.165, 1.54) is 0 Å². The van der Waals surface area contributed by atoms with Crippen molar-refractivity contribution in [3.63, 3.8) is 0 Å². The van der Waals surface area contributed by atoms with Gasteiger partial charge in [-0.2, -0.15) is 4.98 Å². The number of hydrogen-bond acceptors (Lipinski definition) is 5. The average Bonchev–Trinajstić information content (AvgIpc) is 2.80. The topological polar surface area (TPSA) is 79.5 Å². The highest BCUT2D eigenvalue weighted by Gasteiger charge is 2.37. The number of likely N-dealkylation sites (tertiary alicyclic amines) is 1. The summed E-state index contributed by atoms with van der Waals surface area (Å²) in [6.07, 6.45) is 3.16. The Labute approximate surface area is 112 Å². The highest BCUT2D eigenvalue weighted by Crippen LogP contribution is 2.31. The number of aliphatic carboxylic acids is 1. The minimum atomic E-state index is -0.699. The van der Waals surface area contributed by atoms with Crippen LogP contribution >= 0.6 is 0 Å². The van der Waals surface area contributed by atoms with Gasteiger partial charge in [0.1, 0.15) is 0 Å². The van der Waals surface area contributed by atoms with E-state index in [9.17, 15) is 9.90 Å². The monoisotopic (exact) mass is 267 g/mol. The Balaban J connectivity index is 1.86. The largest absolute Gasteiger partial charge is 0.481 e. The van der Waals surface area contributed by atoms with Crippen molar-refractivity contribution < 1.29 is 14.4 Å². The minimum absolute atomic E-state index is 0.585. The van der Waals surface area contributed by atoms with Crippen LogP contribution in [-0.2, 0) is 17.8 Å². The lowest BCUT2D eigenvalue weighted by molar-refractivity contribution is -0.150. The van der Waals surface area contributed by atoms with Crippen molar-refractivity contribution >= 4 is 5.97 Å². The van der Waals surface area contributed by atoms with Gasteiger partial charge in [0.05, 0.1) is 12.0 Å². The van der Waals surface area contributed by atoms with Gasteiger partial charge < -0.3 is 9.63 Å². The number of rotatable bonds is 5. The van der Waals surface area contributed by atoms with E-state index in [4.69, 9.17) is 4.52 Å². The molecule has 0 spiro atoms. The van der Waals surface area contributed by atoms with Crippen LogP contribution in [-0.4, -0.2) is 39.2 Å². The van der Waals surface area contributed by atoms with Crippen LogP contribution in [0, 0.1) is 5.41 Å². The molecule has 6 nitrogen and oxygen atoms in total. The van der Waals surface area contributed by atoms with E-state index < -0.39 is 11.4 Å². The first-order chi connectivity index (χ1) is 9.03. The summed E-state index contributed by atoms with van der Waals surface area (Å²) in [5, 5.41) is 13.1. The summed E-state index contributed by atoms with van der Waals surface area (Å²) >= 11 is 0. The SMILES string of the molecule is CCCc1noc(CN2CCC(C)(C(=O)O)CC2)n1. The fraction of sp³-hybridized carbons (Fsp3) is 0.769. The van der Waals surface area contributed by atoms with Crippen molar-refractivity contribution in [2.45, 2.75) is 46.1 Å². The lowest BCUT2D eigenvalue weighted by Gasteiger charge is -2.35. The van der Waals surface area contributed by atoms with Gasteiger partial charge >= 0.3 is 5.97 Å². The molecule has 0 unspecified atom stereocenters. The first-order valence-electron chi connectivity index (χ1n) is 6.81. The molecule has 0 aliphatic carbocycles. The maximum Gasteiger partial charge on any atom is 0.309 e. The predicted octanol–water partition coefficient (Wildman–Crippen LogP) is 1.71. The predicted molar refractivity (Wildman–Crippen MR) is 68.5 cm³/mol. The quantitative estimate of drug-likeness (QED) is 0.874. The zero-order valence-electron chi connectivity index (χ0n) is 11.6. The molecule has 1 N–H and O–H groups in total. The van der Waals surface area contributed by atoms with E-state index >= 15 is 0 Å². The van der Waals surface area contributed by atoms with E-state index in [0.29, 0.717) is 25.3 Å². The molecular weight excluding hydrogens is 246 g/mol. The van der Waals surface area contributed by atoms with Crippen LogP contribution in [0.4, 0.5) is 0 Å². The Morgan fingerprint density at radius 3 is 2.74 bits per heavy atom. The van der Waals surface area contributed by atoms with Gasteiger partial charge in [-0.05, 0) is 39.3 Å². The molecule has 1 aromatic heterocycles. The van der Waals surface area contributed by atoms with Crippen LogP contribution in [0.5, 0.6) is 0 Å². The standard InChI is InChI=1S/C13H21N3O3/c1-3-4-10-14-11(19-15-10)9-16-7-5-13(2,6-8-16)12(17)18/h3-9H2,1-2H3,(H,17,18). The molecule has 1 aliphatic heterocycles. The molecule has 106 valence electrons. The Bertz CT molecular complexity index is 436. The summed E-state index contributed by atoms with van der Waals surface area (Å²) in [6, 6.07) is 0. The molecule has 2 rings (SSSR count). The summed E-state index contributed by atoms with van der Waals surface area (Å²) in [6.45, 7) is 6.03. The minimum Gasteiger partial charge on any atom is -0.481 e. The lowest BCUT2D eigenvalue weighted by atomic mass is 9.80. The highest BCUT2D eigenvalue weighted by molar-refractivity contribution is 5.74. The van der Waals surface area contributed by atoms with E-state index in [1.54, 1.807) is 0 Å². The average molecular weight is 267 g/mol. The Morgan fingerprint density at radius 2 is 2.16 bits per heavy atom. The fourth-order valence-corrected chi connectivity index (χ4v) is 2.29. The van der Waals surface area contributed by atoms with Gasteiger partial charge in [0.15, 0.2) is 5.82 Å². The molecule has 1 fully saturated rings. The first-order valence-corrected chi connectivity index (χ1v) is 6.81. The summed E-state index contributed by atoms with van der Waals surface area (Å²) < 4.78 is 5.20. The van der Waals surface area contributed by atoms with Gasteiger partial charge in [0, 0.05) is 6.42 Å². The number of carbonyl (C=O) groups is 1. The summed E-state index contributed by atoms with van der Waals surface area (Å²) in [5.74, 6) is 0.683. The molecule has 0 bridgehead atoms.